The topological polar surface area (TPSA) is 83.4 Å². The highest BCUT2D eigenvalue weighted by atomic mass is 79.9. The minimum absolute atomic E-state index is 0.0502. The molecule has 1 N–H and O–H groups in total. The van der Waals surface area contributed by atoms with E-state index in [-0.39, 0.29) is 11.3 Å². The molecular formula is C12H7BrN4. The summed E-state index contributed by atoms with van der Waals surface area (Å²) >= 11 is 3.36. The van der Waals surface area contributed by atoms with Crippen LogP contribution in [-0.4, -0.2) is 0 Å². The second-order valence-electron chi connectivity index (χ2n) is 3.17. The Morgan fingerprint density at radius 2 is 1.82 bits per heavy atom. The standard InChI is InChI=1S/C12H7BrN4/c1-8-2-3-10(4-11(8)13)17-12(7-16)9(5-14)6-15/h2-4,17H,1H3. The van der Waals surface area contributed by atoms with Crippen molar-refractivity contribution in [2.24, 2.45) is 0 Å². The lowest BCUT2D eigenvalue weighted by molar-refractivity contribution is 1.36. The number of hydrogen-bond acceptors (Lipinski definition) is 4. The smallest absolute Gasteiger partial charge is 0.163 e. The zero-order chi connectivity index (χ0) is 12.8. The summed E-state index contributed by atoms with van der Waals surface area (Å²) in [7, 11) is 0. The van der Waals surface area contributed by atoms with Gasteiger partial charge < -0.3 is 5.32 Å². The maximum Gasteiger partial charge on any atom is 0.163 e. The highest BCUT2D eigenvalue weighted by Crippen LogP contribution is 2.22. The molecule has 0 spiro atoms. The van der Waals surface area contributed by atoms with E-state index in [0.29, 0.717) is 5.69 Å². The Labute approximate surface area is 108 Å². The van der Waals surface area contributed by atoms with Crippen LogP contribution in [0.3, 0.4) is 0 Å². The van der Waals surface area contributed by atoms with Gasteiger partial charge in [0.15, 0.2) is 5.57 Å². The summed E-state index contributed by atoms with van der Waals surface area (Å²) < 4.78 is 0.884. The van der Waals surface area contributed by atoms with Crippen LogP contribution in [-0.2, 0) is 0 Å². The molecule has 0 saturated carbocycles. The molecule has 0 saturated heterocycles. The van der Waals surface area contributed by atoms with Gasteiger partial charge in [0.05, 0.1) is 0 Å². The molecule has 82 valence electrons. The summed E-state index contributed by atoms with van der Waals surface area (Å²) in [5.74, 6) is 0. The van der Waals surface area contributed by atoms with E-state index >= 15 is 0 Å². The first-order valence-corrected chi connectivity index (χ1v) is 5.39. The molecule has 0 heterocycles. The Morgan fingerprint density at radius 1 is 1.18 bits per heavy atom. The van der Waals surface area contributed by atoms with E-state index in [1.54, 1.807) is 30.3 Å². The third-order valence-corrected chi connectivity index (χ3v) is 2.88. The van der Waals surface area contributed by atoms with Crippen LogP contribution in [0.15, 0.2) is 33.9 Å². The third-order valence-electron chi connectivity index (χ3n) is 2.03. The van der Waals surface area contributed by atoms with Gasteiger partial charge in [-0.1, -0.05) is 22.0 Å². The van der Waals surface area contributed by atoms with Gasteiger partial charge in [-0.2, -0.15) is 15.8 Å². The second-order valence-corrected chi connectivity index (χ2v) is 4.03. The molecule has 0 bridgehead atoms. The first-order valence-electron chi connectivity index (χ1n) is 4.60. The predicted octanol–water partition coefficient (Wildman–Crippen LogP) is 2.99. The Balaban J connectivity index is 3.11. The minimum atomic E-state index is -0.232. The van der Waals surface area contributed by atoms with Gasteiger partial charge in [0.2, 0.25) is 0 Å². The zero-order valence-electron chi connectivity index (χ0n) is 8.95. The van der Waals surface area contributed by atoms with E-state index in [2.05, 4.69) is 21.2 Å². The molecule has 17 heavy (non-hydrogen) atoms. The van der Waals surface area contributed by atoms with E-state index in [1.807, 2.05) is 13.0 Å². The highest BCUT2D eigenvalue weighted by Gasteiger charge is 2.06. The van der Waals surface area contributed by atoms with Gasteiger partial charge in [0.1, 0.15) is 23.9 Å². The summed E-state index contributed by atoms with van der Waals surface area (Å²) in [6, 6.07) is 10.5. The largest absolute Gasteiger partial charge is 0.345 e. The lowest BCUT2D eigenvalue weighted by atomic mass is 10.2. The number of anilines is 1. The van der Waals surface area contributed by atoms with Crippen molar-refractivity contribution in [3.05, 3.63) is 39.5 Å². The number of nitriles is 3. The number of nitrogens with one attached hydrogen (secondary N) is 1. The Morgan fingerprint density at radius 3 is 2.29 bits per heavy atom. The molecular weight excluding hydrogens is 280 g/mol. The first kappa shape index (κ1) is 12.8. The van der Waals surface area contributed by atoms with Crippen molar-refractivity contribution in [1.29, 1.82) is 15.8 Å². The molecule has 0 atom stereocenters. The SMILES string of the molecule is Cc1ccc(NC(C#N)=C(C#N)C#N)cc1Br. The first-order chi connectivity index (χ1) is 8.12. The molecule has 0 aromatic heterocycles. The number of benzene rings is 1. The third kappa shape index (κ3) is 3.08. The van der Waals surface area contributed by atoms with Gasteiger partial charge in [-0.25, -0.2) is 0 Å². The van der Waals surface area contributed by atoms with Gasteiger partial charge in [-0.05, 0) is 24.6 Å². The van der Waals surface area contributed by atoms with Crippen molar-refractivity contribution >= 4 is 21.6 Å². The summed E-state index contributed by atoms with van der Waals surface area (Å²) in [6.07, 6.45) is 0. The van der Waals surface area contributed by atoms with Crippen molar-refractivity contribution in [3.63, 3.8) is 0 Å². The van der Waals surface area contributed by atoms with Gasteiger partial charge in [0, 0.05) is 10.2 Å². The van der Waals surface area contributed by atoms with Crippen LogP contribution in [0, 0.1) is 40.9 Å². The molecule has 1 rings (SSSR count). The molecule has 0 fully saturated rings. The number of aryl methyl sites for hydroxylation is 1. The average molecular weight is 287 g/mol. The van der Waals surface area contributed by atoms with Crippen LogP contribution in [0.1, 0.15) is 5.56 Å². The van der Waals surface area contributed by atoms with Crippen LogP contribution in [0.5, 0.6) is 0 Å². The molecule has 0 radical (unpaired) electrons. The summed E-state index contributed by atoms with van der Waals surface area (Å²) in [5, 5.41) is 28.9. The highest BCUT2D eigenvalue weighted by molar-refractivity contribution is 9.10. The summed E-state index contributed by atoms with van der Waals surface area (Å²) in [4.78, 5) is 0. The van der Waals surface area contributed by atoms with Crippen LogP contribution in [0.2, 0.25) is 0 Å². The van der Waals surface area contributed by atoms with E-state index < -0.39 is 0 Å². The fraction of sp³-hybridized carbons (Fsp3) is 0.0833. The molecule has 0 unspecified atom stereocenters. The van der Waals surface area contributed by atoms with Gasteiger partial charge >= 0.3 is 0 Å². The Kier molecular flexibility index (Phi) is 4.29. The lowest BCUT2D eigenvalue weighted by Crippen LogP contribution is -2.00. The maximum atomic E-state index is 8.86. The van der Waals surface area contributed by atoms with Gasteiger partial charge in [-0.3, -0.25) is 0 Å². The molecule has 1 aromatic rings. The number of hydrogen-bond donors (Lipinski definition) is 1. The van der Waals surface area contributed by atoms with E-state index in [9.17, 15) is 0 Å². The number of rotatable bonds is 2. The second kappa shape index (κ2) is 5.70. The number of halogens is 1. The molecule has 5 heteroatoms. The zero-order valence-corrected chi connectivity index (χ0v) is 10.5. The monoisotopic (exact) mass is 286 g/mol. The summed E-state index contributed by atoms with van der Waals surface area (Å²) in [5.41, 5.74) is 1.41. The van der Waals surface area contributed by atoms with E-state index in [0.717, 1.165) is 10.0 Å². The van der Waals surface area contributed by atoms with Crippen molar-refractivity contribution in [2.45, 2.75) is 6.92 Å². The minimum Gasteiger partial charge on any atom is -0.345 e. The maximum absolute atomic E-state index is 8.86. The Hall–Kier alpha value is -2.29. The number of nitrogens with zero attached hydrogens (tertiary/aromatic N) is 3. The van der Waals surface area contributed by atoms with Crippen molar-refractivity contribution in [3.8, 4) is 18.2 Å². The molecule has 1 aromatic carbocycles. The molecule has 0 aliphatic heterocycles. The fourth-order valence-corrected chi connectivity index (χ4v) is 1.48. The van der Waals surface area contributed by atoms with Crippen LogP contribution in [0.4, 0.5) is 5.69 Å². The number of allylic oxidation sites excluding steroid dienone is 2. The average Bonchev–Trinajstić information content (AvgIpc) is 2.33. The van der Waals surface area contributed by atoms with Gasteiger partial charge in [-0.15, -0.1) is 0 Å². The van der Waals surface area contributed by atoms with Crippen LogP contribution < -0.4 is 5.32 Å². The van der Waals surface area contributed by atoms with Crippen molar-refractivity contribution < 1.29 is 0 Å². The molecule has 4 nitrogen and oxygen atoms in total. The normalized spacial score (nSPS) is 8.41. The predicted molar refractivity (Wildman–Crippen MR) is 66.4 cm³/mol. The quantitative estimate of drug-likeness (QED) is 0.847. The van der Waals surface area contributed by atoms with E-state index in [1.165, 1.54) is 0 Å². The van der Waals surface area contributed by atoms with Crippen LogP contribution in [0.25, 0.3) is 0 Å². The van der Waals surface area contributed by atoms with E-state index in [4.69, 9.17) is 15.8 Å². The summed E-state index contributed by atoms with van der Waals surface area (Å²) in [6.45, 7) is 1.94. The fourth-order valence-electron chi connectivity index (χ4n) is 1.10. The molecule has 0 amide bonds. The van der Waals surface area contributed by atoms with Crippen molar-refractivity contribution in [1.82, 2.24) is 0 Å². The van der Waals surface area contributed by atoms with Crippen molar-refractivity contribution in [2.75, 3.05) is 5.32 Å². The molecule has 0 aliphatic carbocycles. The molecule has 0 aliphatic rings. The Bertz CT molecular complexity index is 580. The lowest BCUT2D eigenvalue weighted by Gasteiger charge is -2.06. The van der Waals surface area contributed by atoms with Crippen LogP contribution >= 0.6 is 15.9 Å². The van der Waals surface area contributed by atoms with Gasteiger partial charge in [0.25, 0.3) is 0 Å².